The molecule has 9 heteroatoms. The minimum absolute atomic E-state index is 0.0903. The third-order valence-corrected chi connectivity index (χ3v) is 7.15. The minimum atomic E-state index is -1.15. The maximum absolute atomic E-state index is 13.4. The molecule has 0 bridgehead atoms. The molecule has 1 saturated heterocycles. The second-order valence-corrected chi connectivity index (χ2v) is 10.8. The van der Waals surface area contributed by atoms with Crippen molar-refractivity contribution >= 4 is 35.5 Å². The van der Waals surface area contributed by atoms with E-state index in [1.54, 1.807) is 28.8 Å². The van der Waals surface area contributed by atoms with Crippen molar-refractivity contribution in [2.24, 2.45) is 5.92 Å². The smallest absolute Gasteiger partial charge is 0.325 e. The molecule has 0 aromatic heterocycles. The number of amides is 3. The average Bonchev–Trinajstić information content (AvgIpc) is 3.10. The van der Waals surface area contributed by atoms with Gasteiger partial charge in [0.2, 0.25) is 11.8 Å². The molecular formula is C22H29N3O5S. The molecule has 0 radical (unpaired) electrons. The van der Waals surface area contributed by atoms with Crippen LogP contribution in [0.15, 0.2) is 24.3 Å². The summed E-state index contributed by atoms with van der Waals surface area (Å²) in [6, 6.07) is 4.62. The number of fused-ring (bicyclic) bond motifs is 3. The van der Waals surface area contributed by atoms with Crippen molar-refractivity contribution in [1.29, 1.82) is 0 Å². The number of carbonyl (C=O) groups excluding carboxylic acids is 3. The summed E-state index contributed by atoms with van der Waals surface area (Å²) in [6.07, 6.45) is 0.349. The number of rotatable bonds is 7. The number of aliphatic carboxylic acids is 1. The number of carbonyl (C=O) groups is 4. The highest BCUT2D eigenvalue weighted by Crippen LogP contribution is 2.56. The van der Waals surface area contributed by atoms with E-state index in [0.717, 1.165) is 5.56 Å². The van der Waals surface area contributed by atoms with E-state index in [9.17, 15) is 19.2 Å². The molecule has 168 valence electrons. The highest BCUT2D eigenvalue weighted by molar-refractivity contribution is 8.01. The van der Waals surface area contributed by atoms with Crippen LogP contribution in [0.4, 0.5) is 0 Å². The second kappa shape index (κ2) is 8.53. The molecule has 31 heavy (non-hydrogen) atoms. The maximum atomic E-state index is 13.4. The largest absolute Gasteiger partial charge is 0.480 e. The molecule has 8 nitrogen and oxygen atoms in total. The Labute approximate surface area is 186 Å². The Hall–Kier alpha value is -2.55. The molecule has 0 aliphatic carbocycles. The summed E-state index contributed by atoms with van der Waals surface area (Å²) in [5, 5.41) is 14.1. The van der Waals surface area contributed by atoms with Gasteiger partial charge >= 0.3 is 5.97 Å². The molecule has 3 rings (SSSR count). The van der Waals surface area contributed by atoms with Crippen LogP contribution in [0.1, 0.15) is 62.3 Å². The van der Waals surface area contributed by atoms with E-state index in [-0.39, 0.29) is 17.2 Å². The zero-order chi connectivity index (χ0) is 23.1. The summed E-state index contributed by atoms with van der Waals surface area (Å²) >= 11 is 1.55. The van der Waals surface area contributed by atoms with Gasteiger partial charge in [-0.3, -0.25) is 19.2 Å². The van der Waals surface area contributed by atoms with Gasteiger partial charge in [0.1, 0.15) is 23.5 Å². The van der Waals surface area contributed by atoms with Gasteiger partial charge < -0.3 is 20.6 Å². The van der Waals surface area contributed by atoms with Crippen molar-refractivity contribution in [3.8, 4) is 0 Å². The lowest BCUT2D eigenvalue weighted by atomic mass is 9.98. The van der Waals surface area contributed by atoms with Crippen LogP contribution in [0, 0.1) is 5.92 Å². The molecular weight excluding hydrogens is 418 g/mol. The van der Waals surface area contributed by atoms with Crippen molar-refractivity contribution in [2.45, 2.75) is 69.3 Å². The minimum Gasteiger partial charge on any atom is -0.480 e. The quantitative estimate of drug-likeness (QED) is 0.590. The standard InChI is InChI=1S/C22H29N3O5S/c1-11(2)10-15(17(26)23-12(3)21(29)30)24-18(27)16-22(4,5)31-20-14-9-7-6-8-13(14)19(28)25(16)20/h6-9,11-12,15-16,20H,10H2,1-5H3,(H,23,26)(H,24,27)(H,29,30)/t12-,15+,16-,20?/m1/s1. The Bertz CT molecular complexity index is 916. The lowest BCUT2D eigenvalue weighted by molar-refractivity contribution is -0.141. The third kappa shape index (κ3) is 4.42. The summed E-state index contributed by atoms with van der Waals surface area (Å²) in [4.78, 5) is 51.9. The Morgan fingerprint density at radius 3 is 2.42 bits per heavy atom. The van der Waals surface area contributed by atoms with Gasteiger partial charge in [-0.05, 0) is 44.7 Å². The van der Waals surface area contributed by atoms with Crippen LogP contribution < -0.4 is 10.6 Å². The first-order valence-corrected chi connectivity index (χ1v) is 11.2. The predicted molar refractivity (Wildman–Crippen MR) is 117 cm³/mol. The van der Waals surface area contributed by atoms with Crippen molar-refractivity contribution in [1.82, 2.24) is 15.5 Å². The van der Waals surface area contributed by atoms with E-state index < -0.39 is 40.7 Å². The van der Waals surface area contributed by atoms with Gasteiger partial charge in [-0.1, -0.05) is 32.0 Å². The van der Waals surface area contributed by atoms with Crippen LogP contribution in [-0.2, 0) is 14.4 Å². The first-order chi connectivity index (χ1) is 14.4. The lowest BCUT2D eigenvalue weighted by Gasteiger charge is -2.31. The first-order valence-electron chi connectivity index (χ1n) is 10.4. The average molecular weight is 448 g/mol. The van der Waals surface area contributed by atoms with Crippen LogP contribution in [0.25, 0.3) is 0 Å². The molecule has 1 aromatic rings. The molecule has 0 saturated carbocycles. The third-order valence-electron chi connectivity index (χ3n) is 5.61. The first kappa shape index (κ1) is 23.1. The SMILES string of the molecule is CC(C)C[C@H](NC(=O)[C@H]1N2C(=O)c3ccccc3C2SC1(C)C)C(=O)N[C@H](C)C(=O)O. The maximum Gasteiger partial charge on any atom is 0.325 e. The van der Waals surface area contributed by atoms with Crippen LogP contribution >= 0.6 is 11.8 Å². The summed E-state index contributed by atoms with van der Waals surface area (Å²) in [5.74, 6) is -2.21. The van der Waals surface area contributed by atoms with Gasteiger partial charge in [0.25, 0.3) is 5.91 Å². The monoisotopic (exact) mass is 447 g/mol. The lowest BCUT2D eigenvalue weighted by Crippen LogP contribution is -2.58. The molecule has 2 heterocycles. The normalized spacial score (nSPS) is 23.2. The van der Waals surface area contributed by atoms with Crippen LogP contribution in [0.3, 0.4) is 0 Å². The van der Waals surface area contributed by atoms with Crippen molar-refractivity contribution in [3.63, 3.8) is 0 Å². The molecule has 4 atom stereocenters. The fourth-order valence-corrected chi connectivity index (χ4v) is 5.72. The van der Waals surface area contributed by atoms with Gasteiger partial charge in [0.05, 0.1) is 0 Å². The molecule has 3 amide bonds. The Balaban J connectivity index is 1.83. The summed E-state index contributed by atoms with van der Waals surface area (Å²) in [6.45, 7) is 9.04. The van der Waals surface area contributed by atoms with Gasteiger partial charge in [0.15, 0.2) is 0 Å². The summed E-state index contributed by atoms with van der Waals surface area (Å²) in [5.41, 5.74) is 1.49. The van der Waals surface area contributed by atoms with E-state index in [2.05, 4.69) is 10.6 Å². The van der Waals surface area contributed by atoms with Gasteiger partial charge in [-0.25, -0.2) is 0 Å². The molecule has 2 aliphatic rings. The van der Waals surface area contributed by atoms with E-state index in [0.29, 0.717) is 12.0 Å². The van der Waals surface area contributed by atoms with Crippen molar-refractivity contribution < 1.29 is 24.3 Å². The van der Waals surface area contributed by atoms with Crippen molar-refractivity contribution in [3.05, 3.63) is 35.4 Å². The number of carboxylic acid groups (broad SMARTS) is 1. The van der Waals surface area contributed by atoms with Gasteiger partial charge in [0, 0.05) is 10.3 Å². The highest BCUT2D eigenvalue weighted by atomic mass is 32.2. The Morgan fingerprint density at radius 1 is 1.16 bits per heavy atom. The molecule has 2 aliphatic heterocycles. The fraction of sp³-hybridized carbons (Fsp3) is 0.545. The predicted octanol–water partition coefficient (Wildman–Crippen LogP) is 2.16. The van der Waals surface area contributed by atoms with Gasteiger partial charge in [-0.2, -0.15) is 0 Å². The van der Waals surface area contributed by atoms with E-state index in [4.69, 9.17) is 5.11 Å². The number of nitrogens with one attached hydrogen (secondary N) is 2. The van der Waals surface area contributed by atoms with E-state index in [1.807, 2.05) is 39.8 Å². The number of hydrogen-bond donors (Lipinski definition) is 3. The molecule has 3 N–H and O–H groups in total. The zero-order valence-electron chi connectivity index (χ0n) is 18.3. The molecule has 1 aromatic carbocycles. The fourth-order valence-electron chi connectivity index (χ4n) is 4.13. The highest BCUT2D eigenvalue weighted by Gasteiger charge is 2.57. The number of carboxylic acids is 1. The van der Waals surface area contributed by atoms with E-state index in [1.165, 1.54) is 6.92 Å². The number of nitrogens with zero attached hydrogens (tertiary/aromatic N) is 1. The number of hydrogen-bond acceptors (Lipinski definition) is 5. The zero-order valence-corrected chi connectivity index (χ0v) is 19.2. The summed E-state index contributed by atoms with van der Waals surface area (Å²) in [7, 11) is 0. The molecule has 1 fully saturated rings. The molecule has 0 spiro atoms. The summed E-state index contributed by atoms with van der Waals surface area (Å²) < 4.78 is -0.564. The van der Waals surface area contributed by atoms with E-state index >= 15 is 0 Å². The molecule has 1 unspecified atom stereocenters. The Morgan fingerprint density at radius 2 is 1.81 bits per heavy atom. The number of benzene rings is 1. The Kier molecular flexibility index (Phi) is 6.36. The van der Waals surface area contributed by atoms with Crippen LogP contribution in [0.5, 0.6) is 0 Å². The topological polar surface area (TPSA) is 116 Å². The second-order valence-electron chi connectivity index (χ2n) is 9.04. The van der Waals surface area contributed by atoms with Crippen LogP contribution in [0.2, 0.25) is 0 Å². The number of thioether (sulfide) groups is 1. The van der Waals surface area contributed by atoms with Gasteiger partial charge in [-0.15, -0.1) is 11.8 Å². The van der Waals surface area contributed by atoms with Crippen molar-refractivity contribution in [2.75, 3.05) is 0 Å². The van der Waals surface area contributed by atoms with Crippen LogP contribution in [-0.4, -0.2) is 56.6 Å².